The highest BCUT2D eigenvalue weighted by atomic mass is 16.5. The van der Waals surface area contributed by atoms with E-state index in [1.807, 2.05) is 47.2 Å². The van der Waals surface area contributed by atoms with Crippen molar-refractivity contribution in [1.29, 1.82) is 0 Å². The zero-order chi connectivity index (χ0) is 25.2. The largest absolute Gasteiger partial charge is 0.488 e. The Labute approximate surface area is 211 Å². The van der Waals surface area contributed by atoms with E-state index in [0.29, 0.717) is 32.1 Å². The van der Waals surface area contributed by atoms with Crippen LogP contribution in [0.1, 0.15) is 31.7 Å². The Hall–Kier alpha value is -3.68. The molecule has 0 spiro atoms. The van der Waals surface area contributed by atoms with Gasteiger partial charge in [-0.25, -0.2) is 4.98 Å². The monoisotopic (exact) mass is 488 g/mol. The lowest BCUT2D eigenvalue weighted by Crippen LogP contribution is -2.43. The summed E-state index contributed by atoms with van der Waals surface area (Å²) >= 11 is 0. The van der Waals surface area contributed by atoms with E-state index in [2.05, 4.69) is 16.0 Å². The van der Waals surface area contributed by atoms with Gasteiger partial charge in [0.1, 0.15) is 11.9 Å². The number of pyridine rings is 2. The lowest BCUT2D eigenvalue weighted by Gasteiger charge is -2.32. The van der Waals surface area contributed by atoms with E-state index in [1.165, 1.54) is 0 Å². The van der Waals surface area contributed by atoms with Crippen LogP contribution in [0.3, 0.4) is 0 Å². The van der Waals surface area contributed by atoms with Crippen molar-refractivity contribution in [1.82, 2.24) is 19.8 Å². The highest BCUT2D eigenvalue weighted by molar-refractivity contribution is 5.95. The van der Waals surface area contributed by atoms with Gasteiger partial charge in [-0.15, -0.1) is 0 Å². The molecule has 2 saturated heterocycles. The van der Waals surface area contributed by atoms with Crippen molar-refractivity contribution in [3.63, 3.8) is 0 Å². The van der Waals surface area contributed by atoms with Crippen LogP contribution in [-0.2, 0) is 9.59 Å². The molecule has 8 nitrogen and oxygen atoms in total. The third kappa shape index (κ3) is 4.85. The number of hydrogen-bond acceptors (Lipinski definition) is 6. The molecule has 36 heavy (non-hydrogen) atoms. The maximum Gasteiger partial charge on any atom is 0.225 e. The van der Waals surface area contributed by atoms with E-state index < -0.39 is 0 Å². The minimum atomic E-state index is -0.0475. The van der Waals surface area contributed by atoms with Gasteiger partial charge >= 0.3 is 0 Å². The maximum absolute atomic E-state index is 13.1. The number of hydrogen-bond donors (Lipinski definition) is 0. The summed E-state index contributed by atoms with van der Waals surface area (Å²) in [6.07, 6.45) is 5.85. The number of amides is 2. The van der Waals surface area contributed by atoms with E-state index in [9.17, 15) is 9.59 Å². The maximum atomic E-state index is 13.1. The molecule has 2 aliphatic heterocycles. The van der Waals surface area contributed by atoms with Gasteiger partial charge in [0.05, 0.1) is 19.2 Å². The fraction of sp³-hybridized carbons (Fsp3) is 0.429. The van der Waals surface area contributed by atoms with Crippen LogP contribution in [0, 0.1) is 12.8 Å². The first-order chi connectivity index (χ1) is 17.4. The van der Waals surface area contributed by atoms with Crippen LogP contribution in [0.5, 0.6) is 11.6 Å². The average Bonchev–Trinajstić information content (AvgIpc) is 3.36. The van der Waals surface area contributed by atoms with Crippen LogP contribution >= 0.6 is 0 Å². The molecule has 0 aliphatic carbocycles. The minimum Gasteiger partial charge on any atom is -0.488 e. The van der Waals surface area contributed by atoms with Gasteiger partial charge in [0.15, 0.2) is 0 Å². The van der Waals surface area contributed by atoms with Crippen LogP contribution in [-0.4, -0.2) is 71.0 Å². The first kappa shape index (κ1) is 24.0. The van der Waals surface area contributed by atoms with Gasteiger partial charge in [-0.05, 0) is 55.7 Å². The van der Waals surface area contributed by atoms with Crippen LogP contribution in [0.15, 0.2) is 42.7 Å². The lowest BCUT2D eigenvalue weighted by atomic mass is 9.95. The molecule has 1 unspecified atom stereocenters. The lowest BCUT2D eigenvalue weighted by molar-refractivity contribution is -0.139. The fourth-order valence-electron chi connectivity index (χ4n) is 5.29. The quantitative estimate of drug-likeness (QED) is 0.542. The number of likely N-dealkylation sites (tertiary alicyclic amines) is 2. The zero-order valence-corrected chi connectivity index (χ0v) is 21.1. The van der Waals surface area contributed by atoms with Crippen LogP contribution in [0.25, 0.3) is 22.0 Å². The molecule has 0 N–H and O–H groups in total. The molecular weight excluding hydrogens is 456 g/mol. The first-order valence-electron chi connectivity index (χ1n) is 12.5. The Bertz CT molecular complexity index is 1290. The number of aryl methyl sites for hydroxylation is 1. The van der Waals surface area contributed by atoms with Crippen LogP contribution in [0.4, 0.5) is 0 Å². The Kier molecular flexibility index (Phi) is 6.76. The summed E-state index contributed by atoms with van der Waals surface area (Å²) in [5, 5.41) is 0.990. The summed E-state index contributed by atoms with van der Waals surface area (Å²) in [5.74, 6) is 1.66. The SMILES string of the molecule is COc1ncc(-c2ccnc3ccc(OC4CCN(C(=O)C5CCN(C(C)=O)CC5)C4)cc23)cc1C. The van der Waals surface area contributed by atoms with E-state index in [1.54, 1.807) is 20.2 Å². The number of carbonyl (C=O) groups is 2. The standard InChI is InChI=1S/C28H32N4O4/c1-18-14-21(16-30-27(18)35-3)24-6-10-29-26-5-4-22(15-25(24)26)36-23-9-13-32(17-23)28(34)20-7-11-31(12-8-20)19(2)33/h4-6,10,14-16,20,23H,7-9,11-13,17H2,1-3H3. The van der Waals surface area contributed by atoms with Crippen molar-refractivity contribution in [2.24, 2.45) is 5.92 Å². The van der Waals surface area contributed by atoms with Crippen molar-refractivity contribution < 1.29 is 19.1 Å². The van der Waals surface area contributed by atoms with Gasteiger partial charge in [-0.1, -0.05) is 0 Å². The molecule has 0 radical (unpaired) electrons. The third-order valence-corrected chi connectivity index (χ3v) is 7.30. The number of nitrogens with zero attached hydrogens (tertiary/aromatic N) is 4. The summed E-state index contributed by atoms with van der Waals surface area (Å²) in [6.45, 7) is 6.18. The number of methoxy groups -OCH3 is 1. The number of piperidine rings is 1. The molecule has 0 bridgehead atoms. The topological polar surface area (TPSA) is 84.9 Å². The molecule has 5 rings (SSSR count). The number of rotatable bonds is 5. The second-order valence-corrected chi connectivity index (χ2v) is 9.68. The summed E-state index contributed by atoms with van der Waals surface area (Å²) in [5.41, 5.74) is 3.87. The van der Waals surface area contributed by atoms with E-state index in [0.717, 1.165) is 52.6 Å². The fourth-order valence-corrected chi connectivity index (χ4v) is 5.29. The smallest absolute Gasteiger partial charge is 0.225 e. The molecule has 188 valence electrons. The Morgan fingerprint density at radius 2 is 1.78 bits per heavy atom. The van der Waals surface area contributed by atoms with E-state index in [4.69, 9.17) is 9.47 Å². The first-order valence-corrected chi connectivity index (χ1v) is 12.5. The zero-order valence-electron chi connectivity index (χ0n) is 21.1. The molecule has 2 amide bonds. The van der Waals surface area contributed by atoms with Crippen molar-refractivity contribution in [2.75, 3.05) is 33.3 Å². The highest BCUT2D eigenvalue weighted by Gasteiger charge is 2.34. The van der Waals surface area contributed by atoms with Gasteiger partial charge in [0, 0.05) is 67.8 Å². The number of fused-ring (bicyclic) bond motifs is 1. The highest BCUT2D eigenvalue weighted by Crippen LogP contribution is 2.32. The molecule has 4 heterocycles. The summed E-state index contributed by atoms with van der Waals surface area (Å²) in [6, 6.07) is 9.99. The average molecular weight is 489 g/mol. The molecule has 2 aromatic heterocycles. The normalized spacial score (nSPS) is 18.5. The second-order valence-electron chi connectivity index (χ2n) is 9.68. The Morgan fingerprint density at radius 1 is 1.00 bits per heavy atom. The number of aromatic nitrogens is 2. The number of ether oxygens (including phenoxy) is 2. The summed E-state index contributed by atoms with van der Waals surface area (Å²) in [7, 11) is 1.62. The van der Waals surface area contributed by atoms with Crippen LogP contribution in [0.2, 0.25) is 0 Å². The molecular formula is C28H32N4O4. The van der Waals surface area contributed by atoms with E-state index >= 15 is 0 Å². The number of benzene rings is 1. The van der Waals surface area contributed by atoms with Gasteiger partial charge in [0.2, 0.25) is 17.7 Å². The van der Waals surface area contributed by atoms with Crippen molar-refractivity contribution in [2.45, 2.75) is 39.2 Å². The second kappa shape index (κ2) is 10.1. The molecule has 8 heteroatoms. The molecule has 2 fully saturated rings. The van der Waals surface area contributed by atoms with Crippen molar-refractivity contribution in [3.8, 4) is 22.8 Å². The summed E-state index contributed by atoms with van der Waals surface area (Å²) in [4.78, 5) is 37.3. The van der Waals surface area contributed by atoms with Crippen molar-refractivity contribution >= 4 is 22.7 Å². The van der Waals surface area contributed by atoms with Gasteiger partial charge < -0.3 is 19.3 Å². The van der Waals surface area contributed by atoms with Gasteiger partial charge in [0.25, 0.3) is 0 Å². The molecule has 3 aromatic rings. The molecule has 0 saturated carbocycles. The molecule has 2 aliphatic rings. The van der Waals surface area contributed by atoms with Gasteiger partial charge in [-0.3, -0.25) is 14.6 Å². The predicted octanol–water partition coefficient (Wildman–Crippen LogP) is 3.85. The van der Waals surface area contributed by atoms with Crippen molar-refractivity contribution in [3.05, 3.63) is 48.3 Å². The number of carbonyl (C=O) groups excluding carboxylic acids is 2. The van der Waals surface area contributed by atoms with Gasteiger partial charge in [-0.2, -0.15) is 0 Å². The Balaban J connectivity index is 1.28. The predicted molar refractivity (Wildman–Crippen MR) is 137 cm³/mol. The molecule has 1 aromatic carbocycles. The van der Waals surface area contributed by atoms with E-state index in [-0.39, 0.29) is 23.8 Å². The summed E-state index contributed by atoms with van der Waals surface area (Å²) < 4.78 is 11.6. The molecule has 1 atom stereocenters. The Morgan fingerprint density at radius 3 is 2.50 bits per heavy atom. The third-order valence-electron chi connectivity index (χ3n) is 7.30. The minimum absolute atomic E-state index is 0.00443. The van der Waals surface area contributed by atoms with Crippen LogP contribution < -0.4 is 9.47 Å².